The summed E-state index contributed by atoms with van der Waals surface area (Å²) in [5.74, 6) is -0.607. The molecule has 0 saturated heterocycles. The van der Waals surface area contributed by atoms with Crippen LogP contribution in [0.3, 0.4) is 0 Å². The summed E-state index contributed by atoms with van der Waals surface area (Å²) in [7, 11) is 0. The van der Waals surface area contributed by atoms with E-state index in [1.807, 2.05) is 6.92 Å². The fourth-order valence-corrected chi connectivity index (χ4v) is 0.973. The molecule has 3 nitrogen and oxygen atoms in total. The minimum Gasteiger partial charge on any atom is -0.324 e. The van der Waals surface area contributed by atoms with Gasteiger partial charge in [0.15, 0.2) is 11.5 Å². The Labute approximate surface area is 76.0 Å². The van der Waals surface area contributed by atoms with Gasteiger partial charge in [0.2, 0.25) is 0 Å². The van der Waals surface area contributed by atoms with Gasteiger partial charge in [-0.15, -0.1) is 0 Å². The summed E-state index contributed by atoms with van der Waals surface area (Å²) in [5.41, 5.74) is 6.10. The second kappa shape index (κ2) is 3.97. The second-order valence-electron chi connectivity index (χ2n) is 2.73. The highest BCUT2D eigenvalue weighted by Gasteiger charge is 2.08. The molecule has 1 atom stereocenters. The quantitative estimate of drug-likeness (QED) is 0.748. The van der Waals surface area contributed by atoms with Crippen molar-refractivity contribution >= 4 is 0 Å². The number of hydrogen-bond donors (Lipinski definition) is 1. The average molecular weight is 179 g/mol. The molecule has 68 valence electrons. The van der Waals surface area contributed by atoms with E-state index in [2.05, 4.69) is 4.98 Å². The zero-order valence-corrected chi connectivity index (χ0v) is 7.29. The third kappa shape index (κ3) is 2.01. The molecule has 0 amide bonds. The molecule has 0 aliphatic rings. The van der Waals surface area contributed by atoms with Crippen LogP contribution in [0.5, 0.6) is 0 Å². The first kappa shape index (κ1) is 9.62. The molecular formula is C9H10FN3. The Bertz CT molecular complexity index is 343. The molecule has 0 aromatic carbocycles. The molecule has 1 aromatic rings. The van der Waals surface area contributed by atoms with E-state index in [-0.39, 0.29) is 11.7 Å². The van der Waals surface area contributed by atoms with Crippen LogP contribution in [-0.2, 0) is 0 Å². The van der Waals surface area contributed by atoms with Gasteiger partial charge in [-0.25, -0.2) is 9.37 Å². The van der Waals surface area contributed by atoms with Gasteiger partial charge >= 0.3 is 0 Å². The van der Waals surface area contributed by atoms with Crippen molar-refractivity contribution in [3.63, 3.8) is 0 Å². The fraction of sp³-hybridized carbons (Fsp3) is 0.333. The lowest BCUT2D eigenvalue weighted by atomic mass is 10.1. The summed E-state index contributed by atoms with van der Waals surface area (Å²) < 4.78 is 13.0. The van der Waals surface area contributed by atoms with Crippen LogP contribution in [0.15, 0.2) is 12.3 Å². The molecule has 0 bridgehead atoms. The SMILES string of the molecule is CC[C@@H](N)c1cnc(C#N)c(F)c1. The van der Waals surface area contributed by atoms with Crippen LogP contribution in [0.1, 0.15) is 30.6 Å². The summed E-state index contributed by atoms with van der Waals surface area (Å²) in [4.78, 5) is 3.65. The number of aromatic nitrogens is 1. The molecule has 0 spiro atoms. The van der Waals surface area contributed by atoms with Gasteiger partial charge in [0.05, 0.1) is 0 Å². The van der Waals surface area contributed by atoms with Crippen LogP contribution in [0.2, 0.25) is 0 Å². The van der Waals surface area contributed by atoms with Crippen molar-refractivity contribution in [3.8, 4) is 6.07 Å². The van der Waals surface area contributed by atoms with E-state index >= 15 is 0 Å². The smallest absolute Gasteiger partial charge is 0.176 e. The van der Waals surface area contributed by atoms with Crippen molar-refractivity contribution in [2.45, 2.75) is 19.4 Å². The zero-order valence-electron chi connectivity index (χ0n) is 7.29. The van der Waals surface area contributed by atoms with Gasteiger partial charge in [-0.2, -0.15) is 5.26 Å². The minimum atomic E-state index is -0.607. The number of pyridine rings is 1. The fourth-order valence-electron chi connectivity index (χ4n) is 0.973. The van der Waals surface area contributed by atoms with Gasteiger partial charge in [0, 0.05) is 12.2 Å². The van der Waals surface area contributed by atoms with E-state index in [1.165, 1.54) is 12.3 Å². The second-order valence-corrected chi connectivity index (χ2v) is 2.73. The normalized spacial score (nSPS) is 12.2. The first-order valence-corrected chi connectivity index (χ1v) is 4.00. The van der Waals surface area contributed by atoms with Crippen LogP contribution in [-0.4, -0.2) is 4.98 Å². The van der Waals surface area contributed by atoms with Crippen molar-refractivity contribution in [2.24, 2.45) is 5.73 Å². The van der Waals surface area contributed by atoms with Crippen molar-refractivity contribution in [3.05, 3.63) is 29.3 Å². The number of hydrogen-bond acceptors (Lipinski definition) is 3. The third-order valence-electron chi connectivity index (χ3n) is 1.84. The lowest BCUT2D eigenvalue weighted by Crippen LogP contribution is -2.09. The van der Waals surface area contributed by atoms with Crippen LogP contribution in [0, 0.1) is 17.1 Å². The molecule has 0 unspecified atom stereocenters. The van der Waals surface area contributed by atoms with Crippen molar-refractivity contribution in [2.75, 3.05) is 0 Å². The highest BCUT2D eigenvalue weighted by molar-refractivity contribution is 5.26. The monoisotopic (exact) mass is 179 g/mol. The van der Waals surface area contributed by atoms with Gasteiger partial charge in [-0.3, -0.25) is 0 Å². The largest absolute Gasteiger partial charge is 0.324 e. The van der Waals surface area contributed by atoms with Crippen LogP contribution < -0.4 is 5.73 Å². The molecule has 1 rings (SSSR count). The number of nitrogens with zero attached hydrogens (tertiary/aromatic N) is 2. The molecule has 0 saturated carbocycles. The molecule has 0 radical (unpaired) electrons. The van der Waals surface area contributed by atoms with Gasteiger partial charge in [0.1, 0.15) is 6.07 Å². The molecule has 2 N–H and O–H groups in total. The molecule has 0 fully saturated rings. The summed E-state index contributed by atoms with van der Waals surface area (Å²) in [5, 5.41) is 8.42. The molecule has 0 aliphatic carbocycles. The van der Waals surface area contributed by atoms with Gasteiger partial charge in [0.25, 0.3) is 0 Å². The van der Waals surface area contributed by atoms with E-state index < -0.39 is 5.82 Å². The van der Waals surface area contributed by atoms with Crippen molar-refractivity contribution in [1.29, 1.82) is 5.26 Å². The first-order chi connectivity index (χ1) is 6.19. The first-order valence-electron chi connectivity index (χ1n) is 4.00. The summed E-state index contributed by atoms with van der Waals surface area (Å²) in [6, 6.07) is 2.70. The van der Waals surface area contributed by atoms with E-state index in [0.717, 1.165) is 0 Å². The molecule has 1 heterocycles. The topological polar surface area (TPSA) is 62.7 Å². The number of nitrogens with two attached hydrogens (primary N) is 1. The maximum absolute atomic E-state index is 13.0. The lowest BCUT2D eigenvalue weighted by molar-refractivity contribution is 0.604. The van der Waals surface area contributed by atoms with Crippen molar-refractivity contribution < 1.29 is 4.39 Å². The van der Waals surface area contributed by atoms with E-state index in [4.69, 9.17) is 11.0 Å². The molecule has 4 heteroatoms. The standard InChI is InChI=1S/C9H10FN3/c1-2-8(12)6-3-7(10)9(4-11)13-5-6/h3,5,8H,2,12H2,1H3/t8-/m1/s1. The Morgan fingerprint density at radius 1 is 1.77 bits per heavy atom. The predicted molar refractivity (Wildman–Crippen MR) is 46.1 cm³/mol. The number of rotatable bonds is 2. The van der Waals surface area contributed by atoms with Gasteiger partial charge in [-0.1, -0.05) is 6.92 Å². The Hall–Kier alpha value is -1.47. The zero-order chi connectivity index (χ0) is 9.84. The highest BCUT2D eigenvalue weighted by Crippen LogP contribution is 2.14. The van der Waals surface area contributed by atoms with Crippen LogP contribution >= 0.6 is 0 Å². The Morgan fingerprint density at radius 2 is 2.46 bits per heavy atom. The van der Waals surface area contributed by atoms with Crippen LogP contribution in [0.4, 0.5) is 4.39 Å². The van der Waals surface area contributed by atoms with Crippen LogP contribution in [0.25, 0.3) is 0 Å². The highest BCUT2D eigenvalue weighted by atomic mass is 19.1. The summed E-state index contributed by atoms with van der Waals surface area (Å²) in [6.07, 6.45) is 2.16. The average Bonchev–Trinajstić information content (AvgIpc) is 2.16. The Kier molecular flexibility index (Phi) is 2.93. The predicted octanol–water partition coefficient (Wildman–Crippen LogP) is 1.50. The Balaban J connectivity index is 3.04. The van der Waals surface area contributed by atoms with Gasteiger partial charge < -0.3 is 5.73 Å². The summed E-state index contributed by atoms with van der Waals surface area (Å²) >= 11 is 0. The molecule has 13 heavy (non-hydrogen) atoms. The number of halogens is 1. The lowest BCUT2D eigenvalue weighted by Gasteiger charge is -2.07. The third-order valence-corrected chi connectivity index (χ3v) is 1.84. The Morgan fingerprint density at radius 3 is 2.92 bits per heavy atom. The maximum atomic E-state index is 13.0. The maximum Gasteiger partial charge on any atom is 0.176 e. The van der Waals surface area contributed by atoms with E-state index in [1.54, 1.807) is 6.07 Å². The van der Waals surface area contributed by atoms with Crippen molar-refractivity contribution in [1.82, 2.24) is 4.98 Å². The van der Waals surface area contributed by atoms with E-state index in [9.17, 15) is 4.39 Å². The minimum absolute atomic E-state index is 0.188. The van der Waals surface area contributed by atoms with Gasteiger partial charge in [-0.05, 0) is 18.1 Å². The van der Waals surface area contributed by atoms with E-state index in [0.29, 0.717) is 12.0 Å². The molecule has 1 aromatic heterocycles. The number of nitriles is 1. The summed E-state index contributed by atoms with van der Waals surface area (Å²) in [6.45, 7) is 1.90. The molecular weight excluding hydrogens is 169 g/mol. The molecule has 0 aliphatic heterocycles.